The zero-order valence-corrected chi connectivity index (χ0v) is 12.2. The highest BCUT2D eigenvalue weighted by atomic mass is 32.1. The summed E-state index contributed by atoms with van der Waals surface area (Å²) in [4.78, 5) is 16.2. The van der Waals surface area contributed by atoms with Crippen LogP contribution < -0.4 is 10.1 Å². The van der Waals surface area contributed by atoms with Gasteiger partial charge in [0.05, 0.1) is 13.7 Å². The maximum atomic E-state index is 11.8. The smallest absolute Gasteiger partial charge is 0.270 e. The predicted molar refractivity (Wildman–Crippen MR) is 78.3 cm³/mol. The number of methoxy groups -OCH3 is 2. The molecule has 0 radical (unpaired) electrons. The van der Waals surface area contributed by atoms with E-state index in [0.717, 1.165) is 16.3 Å². The molecule has 6 heteroatoms. The lowest BCUT2D eigenvalue weighted by Crippen LogP contribution is -2.27. The van der Waals surface area contributed by atoms with Crippen molar-refractivity contribution in [1.82, 2.24) is 10.3 Å². The van der Waals surface area contributed by atoms with E-state index in [9.17, 15) is 4.79 Å². The van der Waals surface area contributed by atoms with Crippen molar-refractivity contribution < 1.29 is 14.3 Å². The molecule has 1 aromatic carbocycles. The minimum Gasteiger partial charge on any atom is -0.497 e. The lowest BCUT2D eigenvalue weighted by molar-refractivity contribution is 0.0933. The van der Waals surface area contributed by atoms with Gasteiger partial charge in [-0.25, -0.2) is 4.98 Å². The number of carbonyl (C=O) groups excluding carboxylic acids is 1. The summed E-state index contributed by atoms with van der Waals surface area (Å²) in [6.45, 7) is 0.964. The average molecular weight is 292 g/mol. The van der Waals surface area contributed by atoms with Crippen molar-refractivity contribution in [1.29, 1.82) is 0 Å². The first-order valence-corrected chi connectivity index (χ1v) is 6.99. The SMILES string of the molecule is COCCNC(=O)c1csc(-c2ccc(OC)cc2)n1. The summed E-state index contributed by atoms with van der Waals surface area (Å²) < 4.78 is 9.99. The first-order valence-electron chi connectivity index (χ1n) is 6.11. The number of thiazole rings is 1. The molecule has 0 unspecified atom stereocenters. The van der Waals surface area contributed by atoms with Crippen molar-refractivity contribution in [2.75, 3.05) is 27.4 Å². The van der Waals surface area contributed by atoms with Gasteiger partial charge in [0, 0.05) is 24.6 Å². The summed E-state index contributed by atoms with van der Waals surface area (Å²) >= 11 is 1.44. The third kappa shape index (κ3) is 3.55. The van der Waals surface area contributed by atoms with Gasteiger partial charge in [0.15, 0.2) is 0 Å². The van der Waals surface area contributed by atoms with Gasteiger partial charge in [-0.05, 0) is 24.3 Å². The Morgan fingerprint density at radius 1 is 1.30 bits per heavy atom. The number of nitrogens with zero attached hydrogens (tertiary/aromatic N) is 1. The zero-order chi connectivity index (χ0) is 14.4. The van der Waals surface area contributed by atoms with E-state index in [1.165, 1.54) is 11.3 Å². The van der Waals surface area contributed by atoms with Crippen LogP contribution in [0.3, 0.4) is 0 Å². The molecule has 0 fully saturated rings. The van der Waals surface area contributed by atoms with Crippen molar-refractivity contribution in [2.24, 2.45) is 0 Å². The van der Waals surface area contributed by atoms with Crippen LogP contribution in [-0.2, 0) is 4.74 Å². The second-order valence-corrected chi connectivity index (χ2v) is 4.87. The van der Waals surface area contributed by atoms with Crippen molar-refractivity contribution in [3.05, 3.63) is 35.3 Å². The maximum absolute atomic E-state index is 11.8. The molecule has 1 N–H and O–H groups in total. The molecule has 0 aliphatic heterocycles. The molecule has 0 spiro atoms. The van der Waals surface area contributed by atoms with Gasteiger partial charge in [-0.3, -0.25) is 4.79 Å². The highest BCUT2D eigenvalue weighted by molar-refractivity contribution is 7.13. The number of amides is 1. The van der Waals surface area contributed by atoms with Crippen LogP contribution in [-0.4, -0.2) is 38.3 Å². The number of nitrogens with one attached hydrogen (secondary N) is 1. The zero-order valence-electron chi connectivity index (χ0n) is 11.4. The van der Waals surface area contributed by atoms with Gasteiger partial charge in [0.2, 0.25) is 0 Å². The number of hydrogen-bond donors (Lipinski definition) is 1. The molecule has 0 aliphatic rings. The Morgan fingerprint density at radius 2 is 2.05 bits per heavy atom. The van der Waals surface area contributed by atoms with E-state index >= 15 is 0 Å². The standard InChI is InChI=1S/C14H16N2O3S/c1-18-8-7-15-13(17)12-9-20-14(16-12)10-3-5-11(19-2)6-4-10/h3-6,9H,7-8H2,1-2H3,(H,15,17). The van der Waals surface area contributed by atoms with Crippen LogP contribution >= 0.6 is 11.3 Å². The molecule has 1 amide bonds. The Kier molecular flexibility index (Phi) is 5.09. The second kappa shape index (κ2) is 7.02. The normalized spacial score (nSPS) is 10.3. The van der Waals surface area contributed by atoms with Crippen LogP contribution in [0.4, 0.5) is 0 Å². The van der Waals surface area contributed by atoms with Gasteiger partial charge in [-0.15, -0.1) is 11.3 Å². The van der Waals surface area contributed by atoms with Crippen LogP contribution in [0.1, 0.15) is 10.5 Å². The van der Waals surface area contributed by atoms with Crippen molar-refractivity contribution in [3.63, 3.8) is 0 Å². The fourth-order valence-electron chi connectivity index (χ4n) is 1.60. The largest absolute Gasteiger partial charge is 0.497 e. The molecule has 1 heterocycles. The van der Waals surface area contributed by atoms with Gasteiger partial charge in [0.1, 0.15) is 16.5 Å². The number of rotatable bonds is 6. The lowest BCUT2D eigenvalue weighted by Gasteiger charge is -2.01. The number of benzene rings is 1. The molecule has 1 aromatic heterocycles. The highest BCUT2D eigenvalue weighted by Crippen LogP contribution is 2.25. The van der Waals surface area contributed by atoms with Gasteiger partial charge in [-0.1, -0.05) is 0 Å². The summed E-state index contributed by atoms with van der Waals surface area (Å²) in [5.74, 6) is 0.612. The average Bonchev–Trinajstić information content (AvgIpc) is 2.97. The quantitative estimate of drug-likeness (QED) is 0.829. The molecule has 20 heavy (non-hydrogen) atoms. The van der Waals surface area contributed by atoms with E-state index in [0.29, 0.717) is 18.8 Å². The summed E-state index contributed by atoms with van der Waals surface area (Å²) in [6, 6.07) is 7.58. The fraction of sp³-hybridized carbons (Fsp3) is 0.286. The summed E-state index contributed by atoms with van der Waals surface area (Å²) in [7, 11) is 3.22. The number of hydrogen-bond acceptors (Lipinski definition) is 5. The van der Waals surface area contributed by atoms with Gasteiger partial charge >= 0.3 is 0 Å². The first kappa shape index (κ1) is 14.5. The van der Waals surface area contributed by atoms with Crippen molar-refractivity contribution in [3.8, 4) is 16.3 Å². The lowest BCUT2D eigenvalue weighted by atomic mass is 10.2. The molecular weight excluding hydrogens is 276 g/mol. The molecule has 0 bridgehead atoms. The fourth-order valence-corrected chi connectivity index (χ4v) is 2.41. The van der Waals surface area contributed by atoms with Gasteiger partial charge in [-0.2, -0.15) is 0 Å². The molecule has 5 nitrogen and oxygen atoms in total. The highest BCUT2D eigenvalue weighted by Gasteiger charge is 2.11. The Hall–Kier alpha value is -1.92. The Bertz CT molecular complexity index is 566. The molecule has 106 valence electrons. The summed E-state index contributed by atoms with van der Waals surface area (Å²) in [6.07, 6.45) is 0. The van der Waals surface area contributed by atoms with Gasteiger partial charge in [0.25, 0.3) is 5.91 Å². The van der Waals surface area contributed by atoms with E-state index in [1.807, 2.05) is 24.3 Å². The topological polar surface area (TPSA) is 60.5 Å². The number of carbonyl (C=O) groups is 1. The molecule has 2 aromatic rings. The summed E-state index contributed by atoms with van der Waals surface area (Å²) in [5, 5.41) is 5.30. The molecule has 0 aliphatic carbocycles. The van der Waals surface area contributed by atoms with E-state index in [-0.39, 0.29) is 5.91 Å². The van der Waals surface area contributed by atoms with Crippen LogP contribution in [0.5, 0.6) is 5.75 Å². The molecular formula is C14H16N2O3S. The molecule has 2 rings (SSSR count). The van der Waals surface area contributed by atoms with Gasteiger partial charge < -0.3 is 14.8 Å². The maximum Gasteiger partial charge on any atom is 0.270 e. The van der Waals surface area contributed by atoms with E-state index in [4.69, 9.17) is 9.47 Å². The minimum absolute atomic E-state index is 0.182. The van der Waals surface area contributed by atoms with Crippen LogP contribution in [0.25, 0.3) is 10.6 Å². The van der Waals surface area contributed by atoms with Crippen LogP contribution in [0, 0.1) is 0 Å². The molecule has 0 saturated carbocycles. The number of aromatic nitrogens is 1. The monoisotopic (exact) mass is 292 g/mol. The number of ether oxygens (including phenoxy) is 2. The molecule has 0 atom stereocenters. The van der Waals surface area contributed by atoms with Crippen molar-refractivity contribution in [2.45, 2.75) is 0 Å². The second-order valence-electron chi connectivity index (χ2n) is 4.02. The van der Waals surface area contributed by atoms with E-state index in [2.05, 4.69) is 10.3 Å². The van der Waals surface area contributed by atoms with E-state index in [1.54, 1.807) is 19.6 Å². The Morgan fingerprint density at radius 3 is 2.70 bits per heavy atom. The van der Waals surface area contributed by atoms with Crippen molar-refractivity contribution >= 4 is 17.2 Å². The van der Waals surface area contributed by atoms with E-state index < -0.39 is 0 Å². The van der Waals surface area contributed by atoms with Crippen LogP contribution in [0.2, 0.25) is 0 Å². The Labute approximate surface area is 121 Å². The third-order valence-electron chi connectivity index (χ3n) is 2.67. The summed E-state index contributed by atoms with van der Waals surface area (Å²) in [5.41, 5.74) is 1.39. The predicted octanol–water partition coefficient (Wildman–Crippen LogP) is 2.19. The Balaban J connectivity index is 2.05. The third-order valence-corrected chi connectivity index (χ3v) is 3.56. The van der Waals surface area contributed by atoms with Crippen LogP contribution in [0.15, 0.2) is 29.6 Å². The first-order chi connectivity index (χ1) is 9.74. The molecule has 0 saturated heterocycles. The minimum atomic E-state index is -0.182.